The number of hydrogen-bond acceptors (Lipinski definition) is 5. The third-order valence-corrected chi connectivity index (χ3v) is 3.60. The van der Waals surface area contributed by atoms with Gasteiger partial charge < -0.3 is 15.8 Å². The molecule has 19 heavy (non-hydrogen) atoms. The number of nitrogen functional groups attached to an aromatic ring is 1. The summed E-state index contributed by atoms with van der Waals surface area (Å²) in [5.41, 5.74) is 6.43. The van der Waals surface area contributed by atoms with Gasteiger partial charge in [-0.3, -0.25) is 0 Å². The minimum Gasteiger partial charge on any atom is -0.399 e. The van der Waals surface area contributed by atoms with Gasteiger partial charge >= 0.3 is 0 Å². The Kier molecular flexibility index (Phi) is 6.07. The van der Waals surface area contributed by atoms with E-state index in [4.69, 9.17) is 15.6 Å². The standard InChI is InChI=1S/C12H21N3O3S/c1-18-8-4-2-3-7-15-11-6-5-10(13)9-12(11)19(14,16)17/h5-6,9,15H,2-4,7-8,13H2,1H3,(H2,14,16,17). The van der Waals surface area contributed by atoms with E-state index in [0.29, 0.717) is 17.9 Å². The molecule has 0 unspecified atom stereocenters. The van der Waals surface area contributed by atoms with E-state index >= 15 is 0 Å². The molecule has 6 nitrogen and oxygen atoms in total. The zero-order chi connectivity index (χ0) is 14.3. The summed E-state index contributed by atoms with van der Waals surface area (Å²) in [5.74, 6) is 0. The van der Waals surface area contributed by atoms with Crippen LogP contribution in [0.5, 0.6) is 0 Å². The number of methoxy groups -OCH3 is 1. The molecule has 0 fully saturated rings. The number of ether oxygens (including phenoxy) is 1. The molecular weight excluding hydrogens is 266 g/mol. The molecule has 1 aromatic carbocycles. The van der Waals surface area contributed by atoms with Crippen molar-refractivity contribution in [3.63, 3.8) is 0 Å². The number of rotatable bonds is 8. The van der Waals surface area contributed by atoms with Crippen LogP contribution in [0.25, 0.3) is 0 Å². The monoisotopic (exact) mass is 287 g/mol. The lowest BCUT2D eigenvalue weighted by molar-refractivity contribution is 0.192. The average Bonchev–Trinajstić information content (AvgIpc) is 2.34. The van der Waals surface area contributed by atoms with Gasteiger partial charge in [-0.25, -0.2) is 13.6 Å². The summed E-state index contributed by atoms with van der Waals surface area (Å²) >= 11 is 0. The second-order valence-electron chi connectivity index (χ2n) is 4.28. The van der Waals surface area contributed by atoms with Crippen molar-refractivity contribution in [2.24, 2.45) is 5.14 Å². The Hall–Kier alpha value is -1.31. The third-order valence-electron chi connectivity index (χ3n) is 2.65. The molecule has 1 aromatic rings. The van der Waals surface area contributed by atoms with Crippen molar-refractivity contribution in [2.75, 3.05) is 31.3 Å². The minimum absolute atomic E-state index is 0.0318. The van der Waals surface area contributed by atoms with Crippen LogP contribution in [0, 0.1) is 0 Å². The maximum absolute atomic E-state index is 11.4. The number of primary sulfonamides is 1. The fraction of sp³-hybridized carbons (Fsp3) is 0.500. The van der Waals surface area contributed by atoms with Gasteiger partial charge in [0.05, 0.1) is 5.69 Å². The summed E-state index contributed by atoms with van der Waals surface area (Å²) in [5, 5.41) is 8.22. The summed E-state index contributed by atoms with van der Waals surface area (Å²) in [6.07, 6.45) is 2.93. The molecule has 0 aliphatic carbocycles. The molecule has 0 aromatic heterocycles. The first kappa shape index (κ1) is 15.7. The smallest absolute Gasteiger partial charge is 0.240 e. The maximum atomic E-state index is 11.4. The Labute approximate surface area is 114 Å². The second-order valence-corrected chi connectivity index (χ2v) is 5.81. The zero-order valence-corrected chi connectivity index (χ0v) is 11.9. The van der Waals surface area contributed by atoms with E-state index in [-0.39, 0.29) is 4.90 Å². The molecule has 0 heterocycles. The van der Waals surface area contributed by atoms with Crippen molar-refractivity contribution in [1.29, 1.82) is 0 Å². The van der Waals surface area contributed by atoms with Crippen LogP contribution in [0.1, 0.15) is 19.3 Å². The number of nitrogens with two attached hydrogens (primary N) is 2. The predicted molar refractivity (Wildman–Crippen MR) is 76.4 cm³/mol. The number of nitrogens with one attached hydrogen (secondary N) is 1. The van der Waals surface area contributed by atoms with Crippen molar-refractivity contribution in [3.05, 3.63) is 18.2 Å². The quantitative estimate of drug-likeness (QED) is 0.491. The van der Waals surface area contributed by atoms with Gasteiger partial charge in [0, 0.05) is 25.9 Å². The highest BCUT2D eigenvalue weighted by Crippen LogP contribution is 2.22. The van der Waals surface area contributed by atoms with E-state index < -0.39 is 10.0 Å². The molecule has 0 amide bonds. The number of sulfonamides is 1. The van der Waals surface area contributed by atoms with E-state index in [1.165, 1.54) is 6.07 Å². The van der Waals surface area contributed by atoms with Gasteiger partial charge in [-0.1, -0.05) is 0 Å². The number of anilines is 2. The highest BCUT2D eigenvalue weighted by atomic mass is 32.2. The highest BCUT2D eigenvalue weighted by molar-refractivity contribution is 7.89. The summed E-state index contributed by atoms with van der Waals surface area (Å²) in [6.45, 7) is 1.42. The summed E-state index contributed by atoms with van der Waals surface area (Å²) in [4.78, 5) is 0.0318. The summed E-state index contributed by atoms with van der Waals surface area (Å²) in [7, 11) is -2.10. The predicted octanol–water partition coefficient (Wildman–Crippen LogP) is 1.14. The van der Waals surface area contributed by atoms with E-state index in [1.54, 1.807) is 19.2 Å². The van der Waals surface area contributed by atoms with Crippen LogP contribution < -0.4 is 16.2 Å². The van der Waals surface area contributed by atoms with Crippen LogP contribution in [0.3, 0.4) is 0 Å². The fourth-order valence-corrected chi connectivity index (χ4v) is 2.44. The Bertz CT molecular complexity index is 503. The van der Waals surface area contributed by atoms with Gasteiger partial charge in [0.1, 0.15) is 4.90 Å². The molecule has 1 rings (SSSR count). The molecule has 0 radical (unpaired) electrons. The molecule has 0 spiro atoms. The fourth-order valence-electron chi connectivity index (χ4n) is 1.69. The zero-order valence-electron chi connectivity index (χ0n) is 11.1. The molecule has 0 bridgehead atoms. The van der Waals surface area contributed by atoms with Crippen LogP contribution in [-0.4, -0.2) is 28.7 Å². The topological polar surface area (TPSA) is 107 Å². The van der Waals surface area contributed by atoms with Crippen molar-refractivity contribution in [1.82, 2.24) is 0 Å². The van der Waals surface area contributed by atoms with Crippen LogP contribution >= 0.6 is 0 Å². The summed E-state index contributed by atoms with van der Waals surface area (Å²) in [6, 6.07) is 4.63. The first-order chi connectivity index (χ1) is 8.95. The average molecular weight is 287 g/mol. The lowest BCUT2D eigenvalue weighted by Crippen LogP contribution is -2.16. The molecule has 5 N–H and O–H groups in total. The number of unbranched alkanes of at least 4 members (excludes halogenated alkanes) is 2. The molecule has 108 valence electrons. The Morgan fingerprint density at radius 3 is 2.63 bits per heavy atom. The Balaban J connectivity index is 2.59. The SMILES string of the molecule is COCCCCCNc1ccc(N)cc1S(N)(=O)=O. The van der Waals surface area contributed by atoms with Crippen LogP contribution in [0.4, 0.5) is 11.4 Å². The molecule has 7 heteroatoms. The van der Waals surface area contributed by atoms with Crippen LogP contribution in [0.15, 0.2) is 23.1 Å². The van der Waals surface area contributed by atoms with Crippen molar-refractivity contribution in [3.8, 4) is 0 Å². The number of benzene rings is 1. The minimum atomic E-state index is -3.77. The van der Waals surface area contributed by atoms with Gasteiger partial charge in [-0.2, -0.15) is 0 Å². The van der Waals surface area contributed by atoms with Crippen molar-refractivity contribution >= 4 is 21.4 Å². The van der Waals surface area contributed by atoms with Gasteiger partial charge in [0.25, 0.3) is 0 Å². The van der Waals surface area contributed by atoms with Gasteiger partial charge in [0.2, 0.25) is 10.0 Å². The van der Waals surface area contributed by atoms with E-state index in [9.17, 15) is 8.42 Å². The Morgan fingerprint density at radius 2 is 2.00 bits per heavy atom. The molecule has 0 saturated carbocycles. The van der Waals surface area contributed by atoms with Crippen molar-refractivity contribution in [2.45, 2.75) is 24.2 Å². The second kappa shape index (κ2) is 7.32. The number of hydrogen-bond donors (Lipinski definition) is 3. The van der Waals surface area contributed by atoms with E-state index in [2.05, 4.69) is 5.32 Å². The first-order valence-electron chi connectivity index (χ1n) is 6.10. The third kappa shape index (κ3) is 5.46. The van der Waals surface area contributed by atoms with Gasteiger partial charge in [-0.05, 0) is 37.5 Å². The largest absolute Gasteiger partial charge is 0.399 e. The van der Waals surface area contributed by atoms with E-state index in [1.807, 2.05) is 0 Å². The van der Waals surface area contributed by atoms with Gasteiger partial charge in [-0.15, -0.1) is 0 Å². The molecular formula is C12H21N3O3S. The van der Waals surface area contributed by atoms with Crippen LogP contribution in [0.2, 0.25) is 0 Å². The van der Waals surface area contributed by atoms with Crippen LogP contribution in [-0.2, 0) is 14.8 Å². The molecule has 0 aliphatic rings. The molecule has 0 saturated heterocycles. The lowest BCUT2D eigenvalue weighted by atomic mass is 10.2. The highest BCUT2D eigenvalue weighted by Gasteiger charge is 2.13. The summed E-state index contributed by atoms with van der Waals surface area (Å²) < 4.78 is 27.8. The molecule has 0 aliphatic heterocycles. The van der Waals surface area contributed by atoms with Crippen molar-refractivity contribution < 1.29 is 13.2 Å². The normalized spacial score (nSPS) is 11.5. The molecule has 0 atom stereocenters. The maximum Gasteiger partial charge on any atom is 0.240 e. The van der Waals surface area contributed by atoms with Gasteiger partial charge in [0.15, 0.2) is 0 Å². The lowest BCUT2D eigenvalue weighted by Gasteiger charge is -2.11. The Morgan fingerprint density at radius 1 is 1.26 bits per heavy atom. The first-order valence-corrected chi connectivity index (χ1v) is 7.65. The van der Waals surface area contributed by atoms with E-state index in [0.717, 1.165) is 25.9 Å².